The first kappa shape index (κ1) is 16.8. The van der Waals surface area contributed by atoms with Crippen molar-refractivity contribution in [1.29, 1.82) is 0 Å². The van der Waals surface area contributed by atoms with Crippen LogP contribution >= 0.6 is 0 Å². The Morgan fingerprint density at radius 2 is 2.11 bits per heavy atom. The highest BCUT2D eigenvalue weighted by Gasteiger charge is 2.33. The van der Waals surface area contributed by atoms with Crippen molar-refractivity contribution in [2.45, 2.75) is 6.54 Å². The number of benzene rings is 2. The highest BCUT2D eigenvalue weighted by Crippen LogP contribution is 2.38. The molecule has 0 fully saturated rings. The molecule has 0 atom stereocenters. The number of hydrogen-bond donors (Lipinski definition) is 2. The molecule has 27 heavy (non-hydrogen) atoms. The van der Waals surface area contributed by atoms with E-state index < -0.39 is 5.91 Å². The third-order valence-corrected chi connectivity index (χ3v) is 4.93. The Morgan fingerprint density at radius 3 is 2.85 bits per heavy atom. The van der Waals surface area contributed by atoms with E-state index in [2.05, 4.69) is 11.7 Å². The summed E-state index contributed by atoms with van der Waals surface area (Å²) in [6.07, 6.45) is 1.79. The molecule has 2 amide bonds. The first-order chi connectivity index (χ1) is 12.9. The van der Waals surface area contributed by atoms with Crippen molar-refractivity contribution in [3.63, 3.8) is 0 Å². The van der Waals surface area contributed by atoms with E-state index in [0.717, 1.165) is 27.6 Å². The quantitative estimate of drug-likeness (QED) is 0.693. The van der Waals surface area contributed by atoms with Crippen molar-refractivity contribution in [3.8, 4) is 16.9 Å². The number of aryl methyl sites for hydroxylation is 1. The molecule has 0 bridgehead atoms. The SMILES string of the molecule is C=C(CN1Cc2c(-c3ccc4cnn(C)c4c3)ccc(O)c2C1=O)C(N)=O. The van der Waals surface area contributed by atoms with Crippen LogP contribution in [0.5, 0.6) is 5.75 Å². The molecule has 136 valence electrons. The molecular formula is C20H18N4O3. The van der Waals surface area contributed by atoms with Gasteiger partial charge in [-0.2, -0.15) is 5.10 Å². The fraction of sp³-hybridized carbons (Fsp3) is 0.150. The van der Waals surface area contributed by atoms with E-state index in [1.165, 1.54) is 11.0 Å². The Hall–Kier alpha value is -3.61. The molecule has 4 rings (SSSR count). The maximum absolute atomic E-state index is 12.7. The summed E-state index contributed by atoms with van der Waals surface area (Å²) >= 11 is 0. The monoisotopic (exact) mass is 362 g/mol. The molecule has 0 unspecified atom stereocenters. The number of nitrogens with zero attached hydrogens (tertiary/aromatic N) is 3. The number of primary amides is 1. The minimum atomic E-state index is -0.648. The number of rotatable bonds is 4. The lowest BCUT2D eigenvalue weighted by molar-refractivity contribution is -0.114. The van der Waals surface area contributed by atoms with Crippen LogP contribution in [0.2, 0.25) is 0 Å². The molecule has 1 aliphatic rings. The second kappa shape index (κ2) is 5.98. The fourth-order valence-electron chi connectivity index (χ4n) is 3.48. The Balaban J connectivity index is 1.79. The fourth-order valence-corrected chi connectivity index (χ4v) is 3.48. The van der Waals surface area contributed by atoms with Gasteiger partial charge in [-0.3, -0.25) is 14.3 Å². The number of carbonyl (C=O) groups is 2. The minimum absolute atomic E-state index is 0.0303. The Morgan fingerprint density at radius 1 is 1.33 bits per heavy atom. The van der Waals surface area contributed by atoms with Gasteiger partial charge in [0.1, 0.15) is 5.75 Å². The summed E-state index contributed by atoms with van der Waals surface area (Å²) in [5.41, 5.74) is 9.11. The molecule has 0 spiro atoms. The number of aromatic nitrogens is 2. The average Bonchev–Trinajstić information content (AvgIpc) is 3.16. The van der Waals surface area contributed by atoms with Gasteiger partial charge < -0.3 is 15.7 Å². The Labute approximate surface area is 155 Å². The van der Waals surface area contributed by atoms with Gasteiger partial charge in [0.2, 0.25) is 5.91 Å². The maximum Gasteiger partial charge on any atom is 0.258 e. The van der Waals surface area contributed by atoms with Crippen molar-refractivity contribution in [3.05, 3.63) is 59.8 Å². The molecular weight excluding hydrogens is 344 g/mol. The molecule has 1 aliphatic heterocycles. The summed E-state index contributed by atoms with van der Waals surface area (Å²) in [6.45, 7) is 3.92. The van der Waals surface area contributed by atoms with Crippen LogP contribution in [-0.4, -0.2) is 38.1 Å². The van der Waals surface area contributed by atoms with Gasteiger partial charge in [0.05, 0.1) is 23.8 Å². The largest absolute Gasteiger partial charge is 0.507 e. The van der Waals surface area contributed by atoms with E-state index >= 15 is 0 Å². The number of amides is 2. The second-order valence-electron chi connectivity index (χ2n) is 6.66. The lowest BCUT2D eigenvalue weighted by Gasteiger charge is -2.15. The molecule has 2 aromatic carbocycles. The van der Waals surface area contributed by atoms with Crippen molar-refractivity contribution < 1.29 is 14.7 Å². The molecule has 2 heterocycles. The summed E-state index contributed by atoms with van der Waals surface area (Å²) in [5, 5.41) is 15.5. The van der Waals surface area contributed by atoms with Crippen LogP contribution in [0, 0.1) is 0 Å². The Bertz CT molecular complexity index is 1130. The average molecular weight is 362 g/mol. The highest BCUT2D eigenvalue weighted by atomic mass is 16.3. The first-order valence-electron chi connectivity index (χ1n) is 8.40. The molecule has 7 heteroatoms. The summed E-state index contributed by atoms with van der Waals surface area (Å²) in [7, 11) is 1.87. The van der Waals surface area contributed by atoms with E-state index in [0.29, 0.717) is 0 Å². The Kier molecular flexibility index (Phi) is 3.73. The molecule has 0 saturated carbocycles. The van der Waals surface area contributed by atoms with Crippen LogP contribution in [0.25, 0.3) is 22.0 Å². The van der Waals surface area contributed by atoms with Crippen LogP contribution in [0.4, 0.5) is 0 Å². The topological polar surface area (TPSA) is 101 Å². The normalized spacial score (nSPS) is 13.2. The van der Waals surface area contributed by atoms with E-state index in [1.807, 2.05) is 25.2 Å². The number of phenolic OH excluding ortho intramolecular Hbond substituents is 1. The summed E-state index contributed by atoms with van der Waals surface area (Å²) in [6, 6.07) is 9.26. The number of phenols is 1. The molecule has 7 nitrogen and oxygen atoms in total. The van der Waals surface area contributed by atoms with Gasteiger partial charge >= 0.3 is 0 Å². The van der Waals surface area contributed by atoms with Gasteiger partial charge in [-0.05, 0) is 28.8 Å². The van der Waals surface area contributed by atoms with Crippen LogP contribution < -0.4 is 5.73 Å². The minimum Gasteiger partial charge on any atom is -0.507 e. The highest BCUT2D eigenvalue weighted by molar-refractivity contribution is 6.04. The number of carbonyl (C=O) groups excluding carboxylic acids is 2. The number of hydrogen-bond acceptors (Lipinski definition) is 4. The van der Waals surface area contributed by atoms with Gasteiger partial charge in [0.25, 0.3) is 5.91 Å². The third-order valence-electron chi connectivity index (χ3n) is 4.93. The predicted octanol–water partition coefficient (Wildman–Crippen LogP) is 1.94. The number of fused-ring (bicyclic) bond motifs is 2. The van der Waals surface area contributed by atoms with Gasteiger partial charge in [0, 0.05) is 24.6 Å². The van der Waals surface area contributed by atoms with Gasteiger partial charge in [-0.25, -0.2) is 0 Å². The van der Waals surface area contributed by atoms with Gasteiger partial charge in [-0.15, -0.1) is 0 Å². The predicted molar refractivity (Wildman–Crippen MR) is 101 cm³/mol. The van der Waals surface area contributed by atoms with Gasteiger partial charge in [0.15, 0.2) is 0 Å². The van der Waals surface area contributed by atoms with Gasteiger partial charge in [-0.1, -0.05) is 24.8 Å². The third kappa shape index (κ3) is 2.64. The van der Waals surface area contributed by atoms with Crippen LogP contribution in [0.15, 0.2) is 48.7 Å². The van der Waals surface area contributed by atoms with E-state index in [-0.39, 0.29) is 35.9 Å². The van der Waals surface area contributed by atoms with E-state index in [1.54, 1.807) is 16.9 Å². The van der Waals surface area contributed by atoms with Crippen LogP contribution in [-0.2, 0) is 18.4 Å². The molecule has 3 aromatic rings. The summed E-state index contributed by atoms with van der Waals surface area (Å²) in [4.78, 5) is 25.5. The molecule has 0 aliphatic carbocycles. The maximum atomic E-state index is 12.7. The molecule has 3 N–H and O–H groups in total. The van der Waals surface area contributed by atoms with Crippen molar-refractivity contribution in [1.82, 2.24) is 14.7 Å². The summed E-state index contributed by atoms with van der Waals surface area (Å²) < 4.78 is 1.79. The summed E-state index contributed by atoms with van der Waals surface area (Å²) in [5.74, 6) is -1.06. The zero-order chi connectivity index (χ0) is 19.3. The zero-order valence-corrected chi connectivity index (χ0v) is 14.8. The second-order valence-corrected chi connectivity index (χ2v) is 6.66. The number of nitrogens with two attached hydrogens (primary N) is 1. The number of aromatic hydroxyl groups is 1. The molecule has 0 radical (unpaired) electrons. The van der Waals surface area contributed by atoms with Crippen molar-refractivity contribution >= 4 is 22.7 Å². The molecule has 1 aromatic heterocycles. The first-order valence-corrected chi connectivity index (χ1v) is 8.40. The van der Waals surface area contributed by atoms with Crippen LogP contribution in [0.3, 0.4) is 0 Å². The van der Waals surface area contributed by atoms with Crippen molar-refractivity contribution in [2.75, 3.05) is 6.54 Å². The molecule has 0 saturated heterocycles. The lowest BCUT2D eigenvalue weighted by Crippen LogP contribution is -2.30. The zero-order valence-electron chi connectivity index (χ0n) is 14.8. The van der Waals surface area contributed by atoms with Crippen LogP contribution in [0.1, 0.15) is 15.9 Å². The van der Waals surface area contributed by atoms with E-state index in [4.69, 9.17) is 5.73 Å². The van der Waals surface area contributed by atoms with E-state index in [9.17, 15) is 14.7 Å². The standard InChI is InChI=1S/C20H18N4O3/c1-11(19(21)26)9-24-10-15-14(5-6-17(25)18(15)20(24)27)12-3-4-13-8-22-23(2)16(13)7-12/h3-8,25H,1,9-10H2,2H3,(H2,21,26). The smallest absolute Gasteiger partial charge is 0.258 e. The van der Waals surface area contributed by atoms with Crippen molar-refractivity contribution in [2.24, 2.45) is 12.8 Å². The lowest BCUT2D eigenvalue weighted by atomic mass is 9.95.